The van der Waals surface area contributed by atoms with Gasteiger partial charge in [-0.1, -0.05) is 90.2 Å². The van der Waals surface area contributed by atoms with Crippen LogP contribution in [0.2, 0.25) is 0 Å². The third-order valence-corrected chi connectivity index (χ3v) is 22.2. The first-order chi connectivity index (χ1) is 67.4. The molecule has 0 bridgehead atoms. The number of carbonyl (C=O) groups excluding carboxylic acids is 1. The van der Waals surface area contributed by atoms with E-state index in [9.17, 15) is 26.4 Å². The zero-order valence-electron chi connectivity index (χ0n) is 74.9. The number of carbonyl (C=O) groups is 1. The molecule has 0 aliphatic carbocycles. The zero-order valence-corrected chi connectivity index (χ0v) is 75.7. The lowest BCUT2D eigenvalue weighted by Crippen LogP contribution is -2.19. The molecular formula is C99H81F3N22O14S. The second-order valence-corrected chi connectivity index (χ2v) is 32.5. The van der Waals surface area contributed by atoms with Crippen LogP contribution in [0, 0.1) is 40.4 Å². The summed E-state index contributed by atoms with van der Waals surface area (Å²) < 4.78 is 122. The average Bonchev–Trinajstić information content (AvgIpc) is 1.66. The van der Waals surface area contributed by atoms with Crippen molar-refractivity contribution >= 4 is 174 Å². The smallest absolute Gasteiger partial charge is 0.394 e. The van der Waals surface area contributed by atoms with Crippen molar-refractivity contribution < 1.29 is 77.0 Å². The Bertz CT molecular complexity index is 8000. The van der Waals surface area contributed by atoms with Crippen LogP contribution >= 0.6 is 0 Å². The number of anilines is 14. The Balaban J connectivity index is 0.000000112. The summed E-state index contributed by atoms with van der Waals surface area (Å²) in [5, 5.41) is 49.2. The quantitative estimate of drug-likeness (QED) is 0.0348. The second-order valence-electron chi connectivity index (χ2n) is 30.7. The summed E-state index contributed by atoms with van der Waals surface area (Å²) >= 11 is 0. The van der Waals surface area contributed by atoms with Crippen LogP contribution in [0.25, 0.3) is 77.7 Å². The molecule has 0 fully saturated rings. The van der Waals surface area contributed by atoms with Crippen molar-refractivity contribution in [2.75, 3.05) is 51.1 Å². The number of halogens is 3. The highest BCUT2D eigenvalue weighted by molar-refractivity contribution is 7.90. The van der Waals surface area contributed by atoms with E-state index in [0.29, 0.717) is 154 Å². The molecule has 1 aliphatic heterocycles. The number of pyridine rings is 7. The van der Waals surface area contributed by atoms with Gasteiger partial charge in [0.1, 0.15) is 17.3 Å². The van der Waals surface area contributed by atoms with Crippen LogP contribution in [0.1, 0.15) is 52.0 Å². The van der Waals surface area contributed by atoms with E-state index in [1.807, 2.05) is 98.8 Å². The molecule has 40 heteroatoms. The summed E-state index contributed by atoms with van der Waals surface area (Å²) in [4.78, 5) is 41.0. The maximum absolute atomic E-state index is 13.4. The second kappa shape index (κ2) is 41.7. The van der Waals surface area contributed by atoms with Crippen molar-refractivity contribution in [2.45, 2.75) is 59.5 Å². The summed E-state index contributed by atoms with van der Waals surface area (Å²) in [7, 11) is -1.99. The monoisotopic (exact) mass is 1890 g/mol. The summed E-state index contributed by atoms with van der Waals surface area (Å²) in [5.74, 6) is 5.77. The molecule has 139 heavy (non-hydrogen) atoms. The largest absolute Gasteiger partial charge is 0.496 e. The van der Waals surface area contributed by atoms with Gasteiger partial charge in [0.05, 0.1) is 17.7 Å². The Morgan fingerprint density at radius 2 is 0.734 bits per heavy atom. The standard InChI is InChI=1S/C17H14N4O3S.C14H11F2N3O2.C14H13N3O2.C14H11N3O2.C14H13N3O.C13H10FN3O.C13H9N3O3/c1-12-4-6-14(7-5-12)25(22,23)21-10-8-13(11-21)19-17-16-15(24-20-17)3-2-9-18-16;1-14(15,16)20-10-5-2-4-9(8-10)18-13-12-11(21-19-13)6-3-7-17-12;1-9-5-6-10(8-12(9)18-2)16-14-13-11(19-17-14)4-3-7-15-13;1-9(18)10-4-2-5-11(8-10)16-14-13-12(19-17-14)6-3-7-15-13;1-9-5-6-11(8-10(9)2)16-14-13-12(18-17-14)4-3-7-15-13;1-8-4-5-9(7-10(8)14)16-13-12-11(18-17-13)3-2-6-15-12;1-2-10-12(14-5-1)13(16-19-10)15-8-3-4-9-11(6-8)18-7-17-9/h2-11H,1H3,(H,19,20);2-8H,1H3,(H,18,19);3-8H,1-2H3,(H,16,17);2-8H,1H3,(H,16,17);3-8H,1-2H3,(H,16,17);2-7H,1H3,(H,16,17);1-6H,7H2,(H,15,16). The fraction of sp³-hybridized carbons (Fsp3) is 0.101. The van der Waals surface area contributed by atoms with Crippen LogP contribution in [0.4, 0.5) is 93.7 Å². The Hall–Kier alpha value is -18.6. The number of nitrogens with zero attached hydrogens (tertiary/aromatic N) is 15. The summed E-state index contributed by atoms with van der Waals surface area (Å²) in [5.41, 5.74) is 19.9. The number of ketones is 1. The average molecular weight is 1890 g/mol. The number of aromatic nitrogens is 15. The van der Waals surface area contributed by atoms with Crippen molar-refractivity contribution in [1.82, 2.24) is 75.0 Å². The number of methoxy groups -OCH3 is 1. The first kappa shape index (κ1) is 92.2. The van der Waals surface area contributed by atoms with Gasteiger partial charge in [-0.25, -0.2) is 51.7 Å². The molecule has 0 saturated heterocycles. The van der Waals surface area contributed by atoms with E-state index in [2.05, 4.69) is 139 Å². The molecule has 0 amide bonds. The van der Waals surface area contributed by atoms with E-state index in [4.69, 9.17) is 45.9 Å². The van der Waals surface area contributed by atoms with Crippen LogP contribution in [0.5, 0.6) is 23.0 Å². The molecule has 23 rings (SSSR count). The van der Waals surface area contributed by atoms with Gasteiger partial charge in [0, 0.05) is 121 Å². The summed E-state index contributed by atoms with van der Waals surface area (Å²) in [6.45, 7) is 12.3. The van der Waals surface area contributed by atoms with Gasteiger partial charge in [0.15, 0.2) is 112 Å². The predicted molar refractivity (Wildman–Crippen MR) is 515 cm³/mol. The predicted octanol–water partition coefficient (Wildman–Crippen LogP) is 23.4. The Morgan fingerprint density at radius 3 is 1.14 bits per heavy atom. The lowest BCUT2D eigenvalue weighted by molar-refractivity contribution is -0.158. The van der Waals surface area contributed by atoms with Crippen LogP contribution in [0.3, 0.4) is 0 Å². The van der Waals surface area contributed by atoms with Gasteiger partial charge in [-0.3, -0.25) is 4.79 Å². The number of Topliss-reactive ketones (excluding diaryl/α,β-unsaturated/α-hetero) is 1. The number of rotatable bonds is 20. The fourth-order valence-electron chi connectivity index (χ4n) is 13.4. The van der Waals surface area contributed by atoms with E-state index in [1.165, 1.54) is 48.6 Å². The van der Waals surface area contributed by atoms with Gasteiger partial charge in [-0.2, -0.15) is 8.78 Å². The summed E-state index contributed by atoms with van der Waals surface area (Å²) in [6, 6.07) is 69.3. The van der Waals surface area contributed by atoms with Gasteiger partial charge in [0.2, 0.25) is 30.1 Å². The molecular weight excluding hydrogens is 1810 g/mol. The van der Waals surface area contributed by atoms with E-state index in [0.717, 1.165) is 54.9 Å². The van der Waals surface area contributed by atoms with Gasteiger partial charge in [-0.15, -0.1) is 0 Å². The molecule has 0 spiro atoms. The third-order valence-electron chi connectivity index (χ3n) is 20.6. The van der Waals surface area contributed by atoms with Gasteiger partial charge < -0.3 is 87.8 Å². The van der Waals surface area contributed by atoms with Crippen molar-refractivity contribution in [3.63, 3.8) is 0 Å². The number of aryl methyl sites for hydroxylation is 5. The van der Waals surface area contributed by atoms with Crippen molar-refractivity contribution in [1.29, 1.82) is 0 Å². The topological polar surface area (TPSA) is 450 Å². The third kappa shape index (κ3) is 22.7. The molecule has 0 saturated carbocycles. The molecule has 22 aromatic rings. The Morgan fingerprint density at radius 1 is 0.374 bits per heavy atom. The van der Waals surface area contributed by atoms with Crippen LogP contribution in [-0.4, -0.2) is 109 Å². The number of fused-ring (bicyclic) bond motifs is 8. The minimum absolute atomic E-state index is 0.0202. The number of hydrogen-bond donors (Lipinski definition) is 7. The first-order valence-corrected chi connectivity index (χ1v) is 43.9. The number of hydrogen-bond acceptors (Lipinski definition) is 35. The SMILES string of the molecule is CC(=O)c1cccc(Nc2noc3cccnc23)c1.CC(F)(F)Oc1cccc(Nc2noc3cccnc23)c1.COc1cc(Nc2noc3cccnc23)ccc1C.Cc1ccc(Nc2noc3cccnc23)cc1C.Cc1ccc(Nc2noc3cccnc23)cc1F.Cc1ccc(S(=O)(=O)n2ccc(Nc3noc4cccnc34)c2)cc1.c1cnc2c(Nc3ccc4c(c3)OCO4)noc2c1. The molecule has 0 atom stereocenters. The normalized spacial score (nSPS) is 11.3. The highest BCUT2D eigenvalue weighted by Crippen LogP contribution is 2.38. The van der Waals surface area contributed by atoms with Gasteiger partial charge >= 0.3 is 6.11 Å². The molecule has 15 aromatic heterocycles. The van der Waals surface area contributed by atoms with E-state index < -0.39 is 16.1 Å². The van der Waals surface area contributed by atoms with Crippen molar-refractivity contribution in [2.24, 2.45) is 0 Å². The van der Waals surface area contributed by atoms with Gasteiger partial charge in [-0.05, 0) is 234 Å². The molecule has 0 unspecified atom stereocenters. The van der Waals surface area contributed by atoms with Crippen molar-refractivity contribution in [3.05, 3.63) is 332 Å². The van der Waals surface area contributed by atoms with Crippen molar-refractivity contribution in [3.8, 4) is 23.0 Å². The minimum Gasteiger partial charge on any atom is -0.496 e. The van der Waals surface area contributed by atoms with E-state index in [-0.39, 0.29) is 29.0 Å². The van der Waals surface area contributed by atoms with Crippen LogP contribution in [-0.2, 0) is 10.0 Å². The molecule has 0 radical (unpaired) electrons. The summed E-state index contributed by atoms with van der Waals surface area (Å²) in [6.07, 6.45) is 11.4. The molecule has 16 heterocycles. The van der Waals surface area contributed by atoms with E-state index >= 15 is 0 Å². The number of ether oxygens (including phenoxy) is 4. The van der Waals surface area contributed by atoms with Gasteiger partial charge in [0.25, 0.3) is 10.0 Å². The molecule has 1 aliphatic rings. The zero-order chi connectivity index (χ0) is 96.5. The molecule has 7 aromatic carbocycles. The number of nitrogens with one attached hydrogen (secondary N) is 7. The maximum atomic E-state index is 13.4. The highest BCUT2D eigenvalue weighted by Gasteiger charge is 2.25. The van der Waals surface area contributed by atoms with Crippen LogP contribution < -0.4 is 56.2 Å². The van der Waals surface area contributed by atoms with Crippen LogP contribution in [0.15, 0.2) is 329 Å². The lowest BCUT2D eigenvalue weighted by atomic mass is 10.1. The fourth-order valence-corrected chi connectivity index (χ4v) is 14.6. The molecule has 36 nitrogen and oxygen atoms in total. The number of benzene rings is 7. The minimum atomic E-state index is -3.64. The maximum Gasteiger partial charge on any atom is 0.394 e. The number of alkyl halides is 2. The lowest BCUT2D eigenvalue weighted by Gasteiger charge is -2.13. The Kier molecular flexibility index (Phi) is 27.6. The molecule has 7 N–H and O–H groups in total. The Labute approximate surface area is 786 Å². The van der Waals surface area contributed by atoms with E-state index in [1.54, 1.807) is 179 Å². The molecule has 698 valence electrons. The highest BCUT2D eigenvalue weighted by atomic mass is 32.2. The first-order valence-electron chi connectivity index (χ1n) is 42.4.